The van der Waals surface area contributed by atoms with Gasteiger partial charge in [-0.3, -0.25) is 0 Å². The lowest BCUT2D eigenvalue weighted by Gasteiger charge is -2.29. The summed E-state index contributed by atoms with van der Waals surface area (Å²) in [5.41, 5.74) is 2.60. The number of pyridine rings is 1. The summed E-state index contributed by atoms with van der Waals surface area (Å²) in [7, 11) is -3.64. The molecule has 0 amide bonds. The normalized spacial score (nSPS) is 14.2. The van der Waals surface area contributed by atoms with Crippen molar-refractivity contribution in [2.24, 2.45) is 0 Å². The van der Waals surface area contributed by atoms with Crippen molar-refractivity contribution in [2.45, 2.75) is 43.0 Å². The minimum atomic E-state index is -3.64. The van der Waals surface area contributed by atoms with Crippen LogP contribution in [-0.4, -0.2) is 34.1 Å². The Morgan fingerprint density at radius 3 is 2.49 bits per heavy atom. The average Bonchev–Trinajstić information content (AvgIpc) is 3.22. The molecular formula is C25H26FN3O4S2. The fourth-order valence-electron chi connectivity index (χ4n) is 3.63. The van der Waals surface area contributed by atoms with E-state index in [4.69, 9.17) is 4.52 Å². The van der Waals surface area contributed by atoms with Gasteiger partial charge in [0.2, 0.25) is 0 Å². The molecule has 2 aromatic carbocycles. The zero-order valence-corrected chi connectivity index (χ0v) is 21.4. The minimum Gasteiger partial charge on any atom is -0.598 e. The highest BCUT2D eigenvalue weighted by Crippen LogP contribution is 2.35. The van der Waals surface area contributed by atoms with E-state index in [1.807, 2.05) is 69.3 Å². The lowest BCUT2D eigenvalue weighted by molar-refractivity contribution is 0.459. The van der Waals surface area contributed by atoms with E-state index in [9.17, 15) is 17.4 Å². The van der Waals surface area contributed by atoms with E-state index >= 15 is 0 Å². The Bertz CT molecular complexity index is 1470. The van der Waals surface area contributed by atoms with Gasteiger partial charge in [0.05, 0.1) is 11.7 Å². The van der Waals surface area contributed by atoms with E-state index in [0.717, 1.165) is 29.3 Å². The maximum absolute atomic E-state index is 14.8. The highest BCUT2D eigenvalue weighted by Gasteiger charge is 2.32. The van der Waals surface area contributed by atoms with Crippen LogP contribution in [0.15, 0.2) is 70.2 Å². The monoisotopic (exact) mass is 515 g/mol. The molecule has 0 aliphatic rings. The Hall–Kier alpha value is -2.79. The fraction of sp³-hybridized carbons (Fsp3) is 0.280. The van der Waals surface area contributed by atoms with E-state index in [1.165, 1.54) is 0 Å². The van der Waals surface area contributed by atoms with Gasteiger partial charge in [-0.15, -0.1) is 4.72 Å². The molecular weight excluding hydrogens is 489 g/mol. The molecule has 0 aliphatic carbocycles. The molecule has 0 aliphatic heterocycles. The SMILES string of the molecule is CC(C)(C)[S@+]([O-])N[C@@H](Cc1nc(S(C)(=O)=O)ccc1F)c1ccccc1-c1noc2ccccc12. The van der Waals surface area contributed by atoms with Gasteiger partial charge in [-0.05, 0) is 50.6 Å². The number of rotatable bonds is 7. The lowest BCUT2D eigenvalue weighted by Crippen LogP contribution is -2.42. The molecule has 4 aromatic rings. The largest absolute Gasteiger partial charge is 0.598 e. The van der Waals surface area contributed by atoms with Gasteiger partial charge in [0.1, 0.15) is 16.3 Å². The fourth-order valence-corrected chi connectivity index (χ4v) is 5.04. The van der Waals surface area contributed by atoms with Gasteiger partial charge >= 0.3 is 0 Å². The number of nitrogens with zero attached hydrogens (tertiary/aromatic N) is 2. The second kappa shape index (κ2) is 9.69. The summed E-state index contributed by atoms with van der Waals surface area (Å²) in [4.78, 5) is 4.08. The topological polar surface area (TPSA) is 108 Å². The number of benzene rings is 2. The molecule has 2 aromatic heterocycles. The Morgan fingerprint density at radius 2 is 1.77 bits per heavy atom. The van der Waals surface area contributed by atoms with Crippen LogP contribution in [0.2, 0.25) is 0 Å². The van der Waals surface area contributed by atoms with Crippen LogP contribution in [0.1, 0.15) is 38.1 Å². The van der Waals surface area contributed by atoms with Crippen LogP contribution >= 0.6 is 0 Å². The molecule has 0 saturated carbocycles. The molecule has 2 atom stereocenters. The summed E-state index contributed by atoms with van der Waals surface area (Å²) in [6.45, 7) is 5.48. The molecule has 2 heterocycles. The van der Waals surface area contributed by atoms with Crippen molar-refractivity contribution in [3.63, 3.8) is 0 Å². The van der Waals surface area contributed by atoms with Crippen LogP contribution in [0, 0.1) is 5.82 Å². The van der Waals surface area contributed by atoms with Crippen molar-refractivity contribution < 1.29 is 21.9 Å². The van der Waals surface area contributed by atoms with Gasteiger partial charge in [0, 0.05) is 35.0 Å². The van der Waals surface area contributed by atoms with Gasteiger partial charge in [-0.2, -0.15) is 0 Å². The Balaban J connectivity index is 1.84. The van der Waals surface area contributed by atoms with E-state index in [2.05, 4.69) is 14.9 Å². The maximum atomic E-state index is 14.8. The standard InChI is InChI=1S/C25H26FN3O4S2/c1-25(2,3)34(30)29-20(15-21-19(26)13-14-23(27-21)35(4,31)32)16-9-5-6-10-17(16)24-18-11-7-8-12-22(18)33-28-24/h5-14,20,29H,15H2,1-4H3/t20-,34-/m0/s1. The van der Waals surface area contributed by atoms with E-state index in [-0.39, 0.29) is 17.1 Å². The lowest BCUT2D eigenvalue weighted by atomic mass is 9.94. The van der Waals surface area contributed by atoms with Crippen LogP contribution in [-0.2, 0) is 27.6 Å². The first-order valence-corrected chi connectivity index (χ1v) is 14.0. The molecule has 35 heavy (non-hydrogen) atoms. The number of halogens is 1. The molecule has 0 fully saturated rings. The van der Waals surface area contributed by atoms with E-state index < -0.39 is 37.8 Å². The Kier molecular flexibility index (Phi) is 7.01. The molecule has 7 nitrogen and oxygen atoms in total. The predicted octanol–water partition coefficient (Wildman–Crippen LogP) is 4.77. The molecule has 0 saturated heterocycles. The number of aromatic nitrogens is 2. The summed E-state index contributed by atoms with van der Waals surface area (Å²) in [5, 5.41) is 4.84. The third-order valence-electron chi connectivity index (χ3n) is 5.44. The van der Waals surface area contributed by atoms with Crippen molar-refractivity contribution in [1.29, 1.82) is 0 Å². The van der Waals surface area contributed by atoms with E-state index in [0.29, 0.717) is 16.8 Å². The van der Waals surface area contributed by atoms with Gasteiger partial charge in [0.25, 0.3) is 0 Å². The van der Waals surface area contributed by atoms with Gasteiger partial charge in [-0.25, -0.2) is 17.8 Å². The van der Waals surface area contributed by atoms with Gasteiger partial charge in [-0.1, -0.05) is 41.6 Å². The zero-order chi connectivity index (χ0) is 25.4. The number of hydrogen-bond acceptors (Lipinski definition) is 7. The molecule has 0 bridgehead atoms. The molecule has 0 radical (unpaired) electrons. The molecule has 10 heteroatoms. The number of para-hydroxylation sites is 1. The summed E-state index contributed by atoms with van der Waals surface area (Å²) < 4.78 is 60.0. The number of sulfone groups is 1. The van der Waals surface area contributed by atoms with Crippen LogP contribution in [0.5, 0.6) is 0 Å². The van der Waals surface area contributed by atoms with Crippen molar-refractivity contribution >= 4 is 32.2 Å². The molecule has 0 spiro atoms. The third-order valence-corrected chi connectivity index (χ3v) is 8.04. The third kappa shape index (κ3) is 5.56. The summed E-state index contributed by atoms with van der Waals surface area (Å²) >= 11 is -1.52. The smallest absolute Gasteiger partial charge is 0.192 e. The number of fused-ring (bicyclic) bond motifs is 1. The average molecular weight is 516 g/mol. The summed E-state index contributed by atoms with van der Waals surface area (Å²) in [6, 6.07) is 16.4. The highest BCUT2D eigenvalue weighted by molar-refractivity contribution is 7.91. The van der Waals surface area contributed by atoms with Crippen LogP contribution in [0.25, 0.3) is 22.2 Å². The molecule has 4 rings (SSSR count). The first-order chi connectivity index (χ1) is 16.4. The Labute approximate surface area is 207 Å². The van der Waals surface area contributed by atoms with E-state index in [1.54, 1.807) is 0 Å². The zero-order valence-electron chi connectivity index (χ0n) is 19.8. The second-order valence-electron chi connectivity index (χ2n) is 9.22. The summed E-state index contributed by atoms with van der Waals surface area (Å²) in [6.07, 6.45) is 0.982. The van der Waals surface area contributed by atoms with Gasteiger partial charge in [0.15, 0.2) is 20.4 Å². The maximum Gasteiger partial charge on any atom is 0.192 e. The number of nitrogens with one attached hydrogen (secondary N) is 1. The first kappa shape index (κ1) is 25.3. The summed E-state index contributed by atoms with van der Waals surface area (Å²) in [5.74, 6) is -0.643. The minimum absolute atomic E-state index is 0.0379. The second-order valence-corrected chi connectivity index (χ2v) is 13.2. The number of hydrogen-bond donors (Lipinski definition) is 1. The Morgan fingerprint density at radius 1 is 1.09 bits per heavy atom. The molecule has 1 N–H and O–H groups in total. The van der Waals surface area contributed by atoms with Crippen LogP contribution in [0.3, 0.4) is 0 Å². The van der Waals surface area contributed by atoms with Crippen LogP contribution < -0.4 is 4.72 Å². The highest BCUT2D eigenvalue weighted by atomic mass is 32.2. The van der Waals surface area contributed by atoms with Crippen LogP contribution in [0.4, 0.5) is 4.39 Å². The van der Waals surface area contributed by atoms with Crippen molar-refractivity contribution in [1.82, 2.24) is 14.9 Å². The van der Waals surface area contributed by atoms with Crippen molar-refractivity contribution in [2.75, 3.05) is 6.26 Å². The van der Waals surface area contributed by atoms with Crippen molar-refractivity contribution in [3.05, 3.63) is 77.7 Å². The van der Waals surface area contributed by atoms with Crippen molar-refractivity contribution in [3.8, 4) is 11.3 Å². The quantitative estimate of drug-likeness (QED) is 0.353. The molecule has 0 unspecified atom stereocenters. The predicted molar refractivity (Wildman–Crippen MR) is 134 cm³/mol. The first-order valence-electron chi connectivity index (χ1n) is 10.9. The van der Waals surface area contributed by atoms with Gasteiger partial charge < -0.3 is 9.08 Å². The molecule has 184 valence electrons.